The molecule has 6 rings (SSSR count). The molecule has 0 amide bonds. The molecule has 232 valence electrons. The first kappa shape index (κ1) is 31.3. The summed E-state index contributed by atoms with van der Waals surface area (Å²) >= 11 is 0. The summed E-state index contributed by atoms with van der Waals surface area (Å²) in [5, 5.41) is 0. The van der Waals surface area contributed by atoms with Crippen molar-refractivity contribution in [3.05, 3.63) is 196 Å². The summed E-state index contributed by atoms with van der Waals surface area (Å²) in [5.41, 5.74) is 10.1. The fourth-order valence-electron chi connectivity index (χ4n) is 6.22. The molecular weight excluding hydrogens is 580 g/mol. The zero-order chi connectivity index (χ0) is 33.0. The van der Waals surface area contributed by atoms with Crippen LogP contribution in [0.4, 0.5) is 0 Å². The number of esters is 2. The van der Waals surface area contributed by atoms with Gasteiger partial charge in [-0.2, -0.15) is 0 Å². The number of methoxy groups -OCH3 is 1. The minimum absolute atomic E-state index is 0.381. The summed E-state index contributed by atoms with van der Waals surface area (Å²) in [6.07, 6.45) is 0. The largest absolute Gasteiger partial charge is 0.465 e. The standard InChI is InChI=1S/C43H36O4/c1-29-15-24-38(27-30(29)2)43(36-11-7-5-8-12-36,37-13-9-6-10-14-37)39-25-26-40(31(3)28-39)47-42(45)35-22-18-33(19-23-35)32-16-20-34(21-17-32)41(44)46-4/h5-28H,1-4H3. The highest BCUT2D eigenvalue weighted by Crippen LogP contribution is 2.46. The van der Waals surface area contributed by atoms with E-state index in [0.717, 1.165) is 33.4 Å². The van der Waals surface area contributed by atoms with E-state index in [-0.39, 0.29) is 5.97 Å². The van der Waals surface area contributed by atoms with Gasteiger partial charge in [0.2, 0.25) is 0 Å². The highest BCUT2D eigenvalue weighted by atomic mass is 16.5. The lowest BCUT2D eigenvalue weighted by Gasteiger charge is -2.37. The van der Waals surface area contributed by atoms with Crippen molar-refractivity contribution in [2.75, 3.05) is 7.11 Å². The van der Waals surface area contributed by atoms with Crippen molar-refractivity contribution in [3.63, 3.8) is 0 Å². The SMILES string of the molecule is COC(=O)c1ccc(-c2ccc(C(=O)Oc3ccc(C(c4ccccc4)(c4ccccc4)c4ccc(C)c(C)c4)cc3C)cc2)cc1. The topological polar surface area (TPSA) is 52.6 Å². The van der Waals surface area contributed by atoms with Crippen LogP contribution in [-0.2, 0) is 10.2 Å². The van der Waals surface area contributed by atoms with E-state index in [1.165, 1.54) is 23.8 Å². The molecule has 0 radical (unpaired) electrons. The zero-order valence-corrected chi connectivity index (χ0v) is 27.0. The van der Waals surface area contributed by atoms with Gasteiger partial charge in [-0.3, -0.25) is 0 Å². The molecule has 0 N–H and O–H groups in total. The number of ether oxygens (including phenoxy) is 2. The van der Waals surface area contributed by atoms with Crippen molar-refractivity contribution < 1.29 is 19.1 Å². The second-order valence-corrected chi connectivity index (χ2v) is 11.8. The van der Waals surface area contributed by atoms with Crippen molar-refractivity contribution in [2.24, 2.45) is 0 Å². The predicted octanol–water partition coefficient (Wildman–Crippen LogP) is 9.67. The van der Waals surface area contributed by atoms with Gasteiger partial charge in [0.05, 0.1) is 23.7 Å². The Morgan fingerprint density at radius 1 is 0.468 bits per heavy atom. The maximum Gasteiger partial charge on any atom is 0.343 e. The van der Waals surface area contributed by atoms with Crippen LogP contribution in [0.2, 0.25) is 0 Å². The van der Waals surface area contributed by atoms with Crippen molar-refractivity contribution in [1.29, 1.82) is 0 Å². The van der Waals surface area contributed by atoms with E-state index in [9.17, 15) is 9.59 Å². The molecule has 0 fully saturated rings. The maximum atomic E-state index is 13.3. The van der Waals surface area contributed by atoms with Crippen molar-refractivity contribution in [2.45, 2.75) is 26.2 Å². The molecule has 0 atom stereocenters. The third-order valence-corrected chi connectivity index (χ3v) is 8.92. The second-order valence-electron chi connectivity index (χ2n) is 11.8. The van der Waals surface area contributed by atoms with Gasteiger partial charge in [-0.15, -0.1) is 0 Å². The van der Waals surface area contributed by atoms with E-state index in [2.05, 4.69) is 92.7 Å². The van der Waals surface area contributed by atoms with Crippen LogP contribution in [0.25, 0.3) is 11.1 Å². The molecule has 4 nitrogen and oxygen atoms in total. The van der Waals surface area contributed by atoms with E-state index in [1.807, 2.05) is 49.4 Å². The monoisotopic (exact) mass is 616 g/mol. The maximum absolute atomic E-state index is 13.3. The highest BCUT2D eigenvalue weighted by Gasteiger charge is 2.38. The molecule has 47 heavy (non-hydrogen) atoms. The lowest BCUT2D eigenvalue weighted by Crippen LogP contribution is -2.31. The number of hydrogen-bond donors (Lipinski definition) is 0. The minimum Gasteiger partial charge on any atom is -0.465 e. The summed E-state index contributed by atoms with van der Waals surface area (Å²) < 4.78 is 10.7. The zero-order valence-electron chi connectivity index (χ0n) is 27.0. The second kappa shape index (κ2) is 13.3. The van der Waals surface area contributed by atoms with Gasteiger partial charge >= 0.3 is 11.9 Å². The number of carbonyl (C=O) groups excluding carboxylic acids is 2. The van der Waals surface area contributed by atoms with Gasteiger partial charge in [-0.1, -0.05) is 115 Å². The average molecular weight is 617 g/mol. The lowest BCUT2D eigenvalue weighted by molar-refractivity contribution is 0.0600. The van der Waals surface area contributed by atoms with E-state index in [4.69, 9.17) is 9.47 Å². The van der Waals surface area contributed by atoms with Gasteiger partial charge in [0.25, 0.3) is 0 Å². The van der Waals surface area contributed by atoms with Gasteiger partial charge in [0, 0.05) is 0 Å². The summed E-state index contributed by atoms with van der Waals surface area (Å²) in [6, 6.07) is 48.4. The Labute approximate surface area is 276 Å². The molecule has 0 unspecified atom stereocenters. The third-order valence-electron chi connectivity index (χ3n) is 8.92. The Morgan fingerprint density at radius 2 is 0.936 bits per heavy atom. The molecule has 0 spiro atoms. The third kappa shape index (κ3) is 6.10. The number of aryl methyl sites for hydroxylation is 3. The molecule has 6 aromatic rings. The van der Waals surface area contributed by atoms with Crippen LogP contribution in [0.1, 0.15) is 59.7 Å². The quantitative estimate of drug-likeness (QED) is 0.0971. The molecule has 0 saturated heterocycles. The predicted molar refractivity (Wildman–Crippen MR) is 187 cm³/mol. The van der Waals surface area contributed by atoms with Crippen LogP contribution in [0.5, 0.6) is 5.75 Å². The van der Waals surface area contributed by atoms with Gasteiger partial charge in [-0.25, -0.2) is 9.59 Å². The molecule has 0 aromatic heterocycles. The fourth-order valence-corrected chi connectivity index (χ4v) is 6.22. The van der Waals surface area contributed by atoms with Crippen LogP contribution in [0.3, 0.4) is 0 Å². The Balaban J connectivity index is 1.34. The first-order valence-electron chi connectivity index (χ1n) is 15.6. The summed E-state index contributed by atoms with van der Waals surface area (Å²) in [7, 11) is 1.36. The number of hydrogen-bond acceptors (Lipinski definition) is 4. The lowest BCUT2D eigenvalue weighted by atomic mass is 9.64. The molecule has 0 heterocycles. The Morgan fingerprint density at radius 3 is 1.40 bits per heavy atom. The van der Waals surface area contributed by atoms with E-state index in [0.29, 0.717) is 16.9 Å². The highest BCUT2D eigenvalue weighted by molar-refractivity contribution is 5.92. The fraction of sp³-hybridized carbons (Fsp3) is 0.116. The molecule has 0 aliphatic carbocycles. The van der Waals surface area contributed by atoms with Crippen LogP contribution in [0, 0.1) is 20.8 Å². The normalized spacial score (nSPS) is 11.1. The summed E-state index contributed by atoms with van der Waals surface area (Å²) in [5.74, 6) is -0.301. The van der Waals surface area contributed by atoms with Crippen molar-refractivity contribution in [3.8, 4) is 16.9 Å². The van der Waals surface area contributed by atoms with Crippen LogP contribution >= 0.6 is 0 Å². The van der Waals surface area contributed by atoms with Gasteiger partial charge < -0.3 is 9.47 Å². The van der Waals surface area contributed by atoms with Crippen LogP contribution < -0.4 is 4.74 Å². The van der Waals surface area contributed by atoms with E-state index >= 15 is 0 Å². The molecular formula is C43H36O4. The average Bonchev–Trinajstić information content (AvgIpc) is 3.12. The number of rotatable bonds is 8. The first-order chi connectivity index (χ1) is 22.8. The molecule has 0 saturated carbocycles. The van der Waals surface area contributed by atoms with E-state index < -0.39 is 11.4 Å². The Kier molecular flexibility index (Phi) is 8.86. The van der Waals surface area contributed by atoms with E-state index in [1.54, 1.807) is 24.3 Å². The van der Waals surface area contributed by atoms with Crippen molar-refractivity contribution >= 4 is 11.9 Å². The number of benzene rings is 6. The minimum atomic E-state index is -0.598. The summed E-state index contributed by atoms with van der Waals surface area (Å²) in [4.78, 5) is 25.1. The Hall–Kier alpha value is -5.74. The molecule has 4 heteroatoms. The van der Waals surface area contributed by atoms with Gasteiger partial charge in [-0.05, 0) is 101 Å². The van der Waals surface area contributed by atoms with Gasteiger partial charge in [0.15, 0.2) is 0 Å². The molecule has 0 aliphatic rings. The van der Waals surface area contributed by atoms with Gasteiger partial charge in [0.1, 0.15) is 5.75 Å². The molecule has 6 aromatic carbocycles. The summed E-state index contributed by atoms with van der Waals surface area (Å²) in [6.45, 7) is 6.27. The van der Waals surface area contributed by atoms with Crippen molar-refractivity contribution in [1.82, 2.24) is 0 Å². The first-order valence-corrected chi connectivity index (χ1v) is 15.6. The smallest absolute Gasteiger partial charge is 0.343 e. The van der Waals surface area contributed by atoms with Crippen LogP contribution in [-0.4, -0.2) is 19.0 Å². The van der Waals surface area contributed by atoms with Crippen LogP contribution in [0.15, 0.2) is 146 Å². The molecule has 0 bridgehead atoms. The number of carbonyl (C=O) groups is 2. The Bertz CT molecular complexity index is 1990. The molecule has 0 aliphatic heterocycles.